The van der Waals surface area contributed by atoms with Crippen LogP contribution in [0.4, 0.5) is 5.69 Å². The Balaban J connectivity index is 2.97. The Morgan fingerprint density at radius 1 is 1.47 bits per heavy atom. The lowest BCUT2D eigenvalue weighted by atomic mass is 10.1. The number of ketones is 1. The van der Waals surface area contributed by atoms with E-state index in [0.717, 1.165) is 5.69 Å². The molecule has 1 rings (SSSR count). The molecule has 0 aliphatic carbocycles. The molecule has 3 heteroatoms. The molecule has 3 nitrogen and oxygen atoms in total. The predicted molar refractivity (Wildman–Crippen MR) is 61.4 cm³/mol. The summed E-state index contributed by atoms with van der Waals surface area (Å²) in [7, 11) is 1.87. The fourth-order valence-electron chi connectivity index (χ4n) is 1.60. The Hall–Kier alpha value is -1.35. The van der Waals surface area contributed by atoms with Gasteiger partial charge in [-0.1, -0.05) is 12.1 Å². The van der Waals surface area contributed by atoms with Gasteiger partial charge < -0.3 is 10.0 Å². The standard InChI is InChI=1S/C12H17NO2/c1-9(14)8-13(3)12-7-5-4-6-11(12)10(2)15/h4-7,9,14H,8H2,1-3H3. The number of carbonyl (C=O) groups excluding carboxylic acids is 1. The molecule has 1 unspecified atom stereocenters. The van der Waals surface area contributed by atoms with Gasteiger partial charge in [0.2, 0.25) is 0 Å². The van der Waals surface area contributed by atoms with E-state index in [-0.39, 0.29) is 5.78 Å². The number of carbonyl (C=O) groups is 1. The maximum Gasteiger partial charge on any atom is 0.161 e. The number of aliphatic hydroxyl groups excluding tert-OH is 1. The van der Waals surface area contributed by atoms with Crippen LogP contribution in [0, 0.1) is 0 Å². The van der Waals surface area contributed by atoms with Crippen LogP contribution >= 0.6 is 0 Å². The van der Waals surface area contributed by atoms with Gasteiger partial charge in [0.05, 0.1) is 6.10 Å². The molecule has 0 aliphatic rings. The first-order valence-corrected chi connectivity index (χ1v) is 5.01. The summed E-state index contributed by atoms with van der Waals surface area (Å²) < 4.78 is 0. The number of anilines is 1. The number of para-hydroxylation sites is 1. The van der Waals surface area contributed by atoms with E-state index in [1.165, 1.54) is 0 Å². The zero-order valence-electron chi connectivity index (χ0n) is 9.40. The van der Waals surface area contributed by atoms with Crippen LogP contribution in [0.2, 0.25) is 0 Å². The molecule has 0 aliphatic heterocycles. The number of benzene rings is 1. The molecule has 1 aromatic rings. The summed E-state index contributed by atoms with van der Waals surface area (Å²) in [5.41, 5.74) is 1.56. The van der Waals surface area contributed by atoms with Gasteiger partial charge in [0.1, 0.15) is 0 Å². The lowest BCUT2D eigenvalue weighted by molar-refractivity contribution is 0.101. The molecule has 0 amide bonds. The first-order chi connectivity index (χ1) is 7.02. The van der Waals surface area contributed by atoms with E-state index in [0.29, 0.717) is 12.1 Å². The largest absolute Gasteiger partial charge is 0.392 e. The maximum atomic E-state index is 11.4. The zero-order chi connectivity index (χ0) is 11.4. The number of rotatable bonds is 4. The van der Waals surface area contributed by atoms with Crippen molar-refractivity contribution >= 4 is 11.5 Å². The van der Waals surface area contributed by atoms with Crippen LogP contribution < -0.4 is 4.90 Å². The Kier molecular flexibility index (Phi) is 3.86. The molecular weight excluding hydrogens is 190 g/mol. The van der Waals surface area contributed by atoms with Gasteiger partial charge in [0.25, 0.3) is 0 Å². The summed E-state index contributed by atoms with van der Waals surface area (Å²) >= 11 is 0. The molecule has 0 bridgehead atoms. The van der Waals surface area contributed by atoms with Crippen molar-refractivity contribution in [2.24, 2.45) is 0 Å². The highest BCUT2D eigenvalue weighted by atomic mass is 16.3. The van der Waals surface area contributed by atoms with Crippen LogP contribution in [0.5, 0.6) is 0 Å². The first-order valence-electron chi connectivity index (χ1n) is 5.01. The highest BCUT2D eigenvalue weighted by Crippen LogP contribution is 2.19. The van der Waals surface area contributed by atoms with Crippen molar-refractivity contribution in [3.05, 3.63) is 29.8 Å². The van der Waals surface area contributed by atoms with Crippen LogP contribution in [-0.2, 0) is 0 Å². The molecule has 15 heavy (non-hydrogen) atoms. The summed E-state index contributed by atoms with van der Waals surface area (Å²) in [5.74, 6) is 0.0445. The smallest absolute Gasteiger partial charge is 0.161 e. The molecule has 1 N–H and O–H groups in total. The van der Waals surface area contributed by atoms with Crippen molar-refractivity contribution in [2.75, 3.05) is 18.5 Å². The Labute approximate surface area is 90.3 Å². The Bertz CT molecular complexity index is 347. The Morgan fingerprint density at radius 3 is 2.60 bits per heavy atom. The minimum Gasteiger partial charge on any atom is -0.392 e. The minimum absolute atomic E-state index is 0.0445. The summed E-state index contributed by atoms with van der Waals surface area (Å²) in [4.78, 5) is 13.3. The van der Waals surface area contributed by atoms with Gasteiger partial charge in [0.15, 0.2) is 5.78 Å². The molecule has 0 radical (unpaired) electrons. The topological polar surface area (TPSA) is 40.5 Å². The number of nitrogens with zero attached hydrogens (tertiary/aromatic N) is 1. The number of likely N-dealkylation sites (N-methyl/N-ethyl adjacent to an activating group) is 1. The highest BCUT2D eigenvalue weighted by molar-refractivity contribution is 5.99. The van der Waals surface area contributed by atoms with Gasteiger partial charge in [-0.05, 0) is 26.0 Å². The number of Topliss-reactive ketones (excluding diaryl/α,β-unsaturated/α-hetero) is 1. The molecule has 1 atom stereocenters. The third kappa shape index (κ3) is 3.06. The third-order valence-corrected chi connectivity index (χ3v) is 2.23. The van der Waals surface area contributed by atoms with E-state index in [2.05, 4.69) is 0 Å². The van der Waals surface area contributed by atoms with Gasteiger partial charge >= 0.3 is 0 Å². The van der Waals surface area contributed by atoms with E-state index in [1.807, 2.05) is 30.1 Å². The molecule has 0 spiro atoms. The molecule has 0 heterocycles. The molecule has 0 saturated carbocycles. The van der Waals surface area contributed by atoms with E-state index in [1.54, 1.807) is 19.9 Å². The van der Waals surface area contributed by atoms with E-state index in [9.17, 15) is 9.90 Å². The third-order valence-electron chi connectivity index (χ3n) is 2.23. The van der Waals surface area contributed by atoms with Crippen molar-refractivity contribution in [1.29, 1.82) is 0 Å². The van der Waals surface area contributed by atoms with E-state index >= 15 is 0 Å². The van der Waals surface area contributed by atoms with Gasteiger partial charge in [-0.3, -0.25) is 4.79 Å². The van der Waals surface area contributed by atoms with Crippen LogP contribution in [-0.4, -0.2) is 30.6 Å². The quantitative estimate of drug-likeness (QED) is 0.764. The second-order valence-electron chi connectivity index (χ2n) is 3.80. The molecular formula is C12H17NO2. The second-order valence-corrected chi connectivity index (χ2v) is 3.80. The van der Waals surface area contributed by atoms with Crippen molar-refractivity contribution in [3.8, 4) is 0 Å². The number of hydrogen-bond donors (Lipinski definition) is 1. The van der Waals surface area contributed by atoms with Gasteiger partial charge in [-0.25, -0.2) is 0 Å². The monoisotopic (exact) mass is 207 g/mol. The second kappa shape index (κ2) is 4.94. The van der Waals surface area contributed by atoms with Crippen LogP contribution in [0.1, 0.15) is 24.2 Å². The van der Waals surface area contributed by atoms with Crippen molar-refractivity contribution < 1.29 is 9.90 Å². The van der Waals surface area contributed by atoms with Gasteiger partial charge in [-0.2, -0.15) is 0 Å². The van der Waals surface area contributed by atoms with Crippen LogP contribution in [0.25, 0.3) is 0 Å². The van der Waals surface area contributed by atoms with E-state index in [4.69, 9.17) is 0 Å². The summed E-state index contributed by atoms with van der Waals surface area (Å²) in [6.07, 6.45) is -0.407. The van der Waals surface area contributed by atoms with Gasteiger partial charge in [0, 0.05) is 24.8 Å². The van der Waals surface area contributed by atoms with Gasteiger partial charge in [-0.15, -0.1) is 0 Å². The molecule has 0 aromatic heterocycles. The van der Waals surface area contributed by atoms with Crippen molar-refractivity contribution in [1.82, 2.24) is 0 Å². The molecule has 1 aromatic carbocycles. The number of aliphatic hydroxyl groups is 1. The lowest BCUT2D eigenvalue weighted by Gasteiger charge is -2.22. The number of hydrogen-bond acceptors (Lipinski definition) is 3. The van der Waals surface area contributed by atoms with Crippen molar-refractivity contribution in [3.63, 3.8) is 0 Å². The van der Waals surface area contributed by atoms with Crippen molar-refractivity contribution in [2.45, 2.75) is 20.0 Å². The molecule has 0 saturated heterocycles. The van der Waals surface area contributed by atoms with Crippen LogP contribution in [0.15, 0.2) is 24.3 Å². The summed E-state index contributed by atoms with van der Waals surface area (Å²) in [5, 5.41) is 9.29. The normalized spacial score (nSPS) is 12.3. The zero-order valence-corrected chi connectivity index (χ0v) is 9.40. The predicted octanol–water partition coefficient (Wildman–Crippen LogP) is 1.71. The average molecular weight is 207 g/mol. The molecule has 82 valence electrons. The minimum atomic E-state index is -0.407. The first kappa shape index (κ1) is 11.7. The highest BCUT2D eigenvalue weighted by Gasteiger charge is 2.11. The fraction of sp³-hybridized carbons (Fsp3) is 0.417. The van der Waals surface area contributed by atoms with E-state index < -0.39 is 6.10 Å². The Morgan fingerprint density at radius 2 is 2.07 bits per heavy atom. The average Bonchev–Trinajstić information content (AvgIpc) is 2.16. The summed E-state index contributed by atoms with van der Waals surface area (Å²) in [6, 6.07) is 7.42. The van der Waals surface area contributed by atoms with Crippen LogP contribution in [0.3, 0.4) is 0 Å². The SMILES string of the molecule is CC(=O)c1ccccc1N(C)CC(C)O. The lowest BCUT2D eigenvalue weighted by Crippen LogP contribution is -2.28. The fourth-order valence-corrected chi connectivity index (χ4v) is 1.60. The summed E-state index contributed by atoms with van der Waals surface area (Å²) in [6.45, 7) is 3.80. The molecule has 0 fully saturated rings. The maximum absolute atomic E-state index is 11.4.